The van der Waals surface area contributed by atoms with Crippen molar-refractivity contribution in [2.24, 2.45) is 0 Å². The van der Waals surface area contributed by atoms with Crippen molar-refractivity contribution in [2.75, 3.05) is 19.4 Å². The normalized spacial score (nSPS) is 10.7. The van der Waals surface area contributed by atoms with Gasteiger partial charge in [0.25, 0.3) is 0 Å². The molecule has 0 fully saturated rings. The van der Waals surface area contributed by atoms with E-state index in [1.807, 2.05) is 36.4 Å². The van der Waals surface area contributed by atoms with E-state index in [0.717, 1.165) is 47.2 Å². The summed E-state index contributed by atoms with van der Waals surface area (Å²) in [6, 6.07) is 11.7. The third-order valence-corrected chi connectivity index (χ3v) is 5.30. The Bertz CT molecular complexity index is 913. The summed E-state index contributed by atoms with van der Waals surface area (Å²) in [6.07, 6.45) is 5.21. The van der Waals surface area contributed by atoms with E-state index in [2.05, 4.69) is 32.0 Å². The zero-order valence-electron chi connectivity index (χ0n) is 16.7. The first-order valence-corrected chi connectivity index (χ1v) is 10.6. The Morgan fingerprint density at radius 3 is 2.59 bits per heavy atom. The fourth-order valence-corrected chi connectivity index (χ4v) is 3.65. The molecule has 1 N–H and O–H groups in total. The number of carbonyl (C=O) groups excluding carboxylic acids is 1. The molecular weight excluding hydrogens is 386 g/mol. The van der Waals surface area contributed by atoms with Gasteiger partial charge in [0.05, 0.1) is 12.9 Å². The van der Waals surface area contributed by atoms with Crippen molar-refractivity contribution in [2.45, 2.75) is 31.5 Å². The highest BCUT2D eigenvalue weighted by Crippen LogP contribution is 2.23. The molecule has 8 heteroatoms. The zero-order chi connectivity index (χ0) is 20.5. The lowest BCUT2D eigenvalue weighted by molar-refractivity contribution is -0.118. The fraction of sp³-hybridized carbons (Fsp3) is 0.333. The van der Waals surface area contributed by atoms with E-state index in [1.54, 1.807) is 19.5 Å². The Morgan fingerprint density at radius 1 is 1.14 bits per heavy atom. The molecule has 152 valence electrons. The molecule has 0 aliphatic carbocycles. The second kappa shape index (κ2) is 10.6. The molecule has 0 unspecified atom stereocenters. The largest absolute Gasteiger partial charge is 0.497 e. The molecule has 1 amide bonds. The molecular formula is C21H25N5O2S. The van der Waals surface area contributed by atoms with Crippen molar-refractivity contribution in [3.05, 3.63) is 54.4 Å². The molecule has 0 aliphatic rings. The van der Waals surface area contributed by atoms with Crippen molar-refractivity contribution < 1.29 is 9.53 Å². The van der Waals surface area contributed by atoms with Crippen LogP contribution in [0.4, 0.5) is 0 Å². The summed E-state index contributed by atoms with van der Waals surface area (Å²) >= 11 is 1.41. The van der Waals surface area contributed by atoms with Crippen LogP contribution in [0, 0.1) is 0 Å². The Balaban J connectivity index is 1.52. The Labute approximate surface area is 174 Å². The van der Waals surface area contributed by atoms with Crippen molar-refractivity contribution >= 4 is 17.7 Å². The highest BCUT2D eigenvalue weighted by Gasteiger charge is 2.15. The van der Waals surface area contributed by atoms with Crippen molar-refractivity contribution in [1.82, 2.24) is 25.1 Å². The number of rotatable bonds is 10. The number of carbonyl (C=O) groups is 1. The summed E-state index contributed by atoms with van der Waals surface area (Å²) in [5.41, 5.74) is 2.13. The highest BCUT2D eigenvalue weighted by molar-refractivity contribution is 7.99. The standard InChI is InChI=1S/C21H25N5O2S/c1-3-14-26-20(17-9-11-22-12-10-17)24-25-21(26)29-15-19(27)23-13-8-16-4-6-18(28-2)7-5-16/h4-7,9-12H,3,8,13-15H2,1-2H3,(H,23,27). The molecule has 0 saturated heterocycles. The average molecular weight is 412 g/mol. The molecule has 2 heterocycles. The van der Waals surface area contributed by atoms with Crippen molar-refractivity contribution in [3.8, 4) is 17.1 Å². The van der Waals surface area contributed by atoms with E-state index in [0.29, 0.717) is 12.3 Å². The minimum absolute atomic E-state index is 0.0139. The van der Waals surface area contributed by atoms with Crippen LogP contribution in [-0.2, 0) is 17.8 Å². The number of ether oxygens (including phenoxy) is 1. The summed E-state index contributed by atoms with van der Waals surface area (Å²) < 4.78 is 7.21. The van der Waals surface area contributed by atoms with Gasteiger partial charge in [0.15, 0.2) is 11.0 Å². The summed E-state index contributed by atoms with van der Waals surface area (Å²) in [6.45, 7) is 3.50. The number of hydrogen-bond acceptors (Lipinski definition) is 6. The Morgan fingerprint density at radius 2 is 1.90 bits per heavy atom. The van der Waals surface area contributed by atoms with Crippen LogP contribution in [0.5, 0.6) is 5.75 Å². The summed E-state index contributed by atoms with van der Waals surface area (Å²) in [5.74, 6) is 1.93. The lowest BCUT2D eigenvalue weighted by Gasteiger charge is -2.09. The molecule has 0 radical (unpaired) electrons. The van der Waals surface area contributed by atoms with Gasteiger partial charge < -0.3 is 14.6 Å². The molecule has 0 spiro atoms. The molecule has 2 aromatic heterocycles. The van der Waals surface area contributed by atoms with Gasteiger partial charge in [-0.25, -0.2) is 0 Å². The fourth-order valence-electron chi connectivity index (χ4n) is 2.85. The third kappa shape index (κ3) is 5.80. The van der Waals surface area contributed by atoms with Crippen LogP contribution in [0.2, 0.25) is 0 Å². The minimum atomic E-state index is -0.0139. The van der Waals surface area contributed by atoms with Crippen molar-refractivity contribution in [1.29, 1.82) is 0 Å². The van der Waals surface area contributed by atoms with Crippen LogP contribution in [0.15, 0.2) is 53.9 Å². The second-order valence-corrected chi connectivity index (χ2v) is 7.37. The van der Waals surface area contributed by atoms with Crippen LogP contribution < -0.4 is 10.1 Å². The lowest BCUT2D eigenvalue weighted by Crippen LogP contribution is -2.27. The van der Waals surface area contributed by atoms with Gasteiger partial charge in [-0.15, -0.1) is 10.2 Å². The van der Waals surface area contributed by atoms with E-state index in [4.69, 9.17) is 4.74 Å². The van der Waals surface area contributed by atoms with Gasteiger partial charge in [-0.1, -0.05) is 30.8 Å². The maximum absolute atomic E-state index is 12.2. The third-order valence-electron chi connectivity index (χ3n) is 4.33. The van der Waals surface area contributed by atoms with Crippen LogP contribution in [0.25, 0.3) is 11.4 Å². The van der Waals surface area contributed by atoms with Gasteiger partial charge in [0.1, 0.15) is 5.75 Å². The monoisotopic (exact) mass is 411 g/mol. The van der Waals surface area contributed by atoms with Crippen molar-refractivity contribution in [3.63, 3.8) is 0 Å². The van der Waals surface area contributed by atoms with Gasteiger partial charge in [0, 0.05) is 31.0 Å². The quantitative estimate of drug-likeness (QED) is 0.516. The van der Waals surface area contributed by atoms with Gasteiger partial charge in [-0.2, -0.15) is 0 Å². The minimum Gasteiger partial charge on any atom is -0.497 e. The van der Waals surface area contributed by atoms with Crippen LogP contribution >= 0.6 is 11.8 Å². The molecule has 0 atom stereocenters. The van der Waals surface area contributed by atoms with E-state index in [1.165, 1.54) is 11.8 Å². The number of thioether (sulfide) groups is 1. The molecule has 0 aliphatic heterocycles. The number of benzene rings is 1. The second-order valence-electron chi connectivity index (χ2n) is 6.43. The molecule has 0 bridgehead atoms. The van der Waals surface area contributed by atoms with Gasteiger partial charge in [0.2, 0.25) is 5.91 Å². The Hall–Kier alpha value is -2.87. The molecule has 3 rings (SSSR count). The first kappa shape index (κ1) is 20.9. The molecule has 7 nitrogen and oxygen atoms in total. The van der Waals surface area contributed by atoms with E-state index in [9.17, 15) is 4.79 Å². The lowest BCUT2D eigenvalue weighted by atomic mass is 10.1. The van der Waals surface area contributed by atoms with Gasteiger partial charge in [-0.05, 0) is 42.7 Å². The maximum Gasteiger partial charge on any atom is 0.230 e. The van der Waals surface area contributed by atoms with Crippen LogP contribution in [0.3, 0.4) is 0 Å². The predicted molar refractivity (Wildman–Crippen MR) is 114 cm³/mol. The zero-order valence-corrected chi connectivity index (χ0v) is 17.5. The number of methoxy groups -OCH3 is 1. The summed E-state index contributed by atoms with van der Waals surface area (Å²) in [7, 11) is 1.65. The Kier molecular flexibility index (Phi) is 7.63. The van der Waals surface area contributed by atoms with E-state index in [-0.39, 0.29) is 5.91 Å². The number of amides is 1. The highest BCUT2D eigenvalue weighted by atomic mass is 32.2. The van der Waals surface area contributed by atoms with Crippen LogP contribution in [0.1, 0.15) is 18.9 Å². The molecule has 1 aromatic carbocycles. The molecule has 0 saturated carbocycles. The number of hydrogen-bond donors (Lipinski definition) is 1. The smallest absolute Gasteiger partial charge is 0.230 e. The maximum atomic E-state index is 12.2. The van der Waals surface area contributed by atoms with Gasteiger partial charge >= 0.3 is 0 Å². The predicted octanol–water partition coefficient (Wildman–Crippen LogP) is 3.21. The average Bonchev–Trinajstić information content (AvgIpc) is 3.16. The molecule has 29 heavy (non-hydrogen) atoms. The van der Waals surface area contributed by atoms with E-state index >= 15 is 0 Å². The van der Waals surface area contributed by atoms with E-state index < -0.39 is 0 Å². The SMILES string of the molecule is CCCn1c(SCC(=O)NCCc2ccc(OC)cc2)nnc1-c1ccncc1. The number of nitrogens with one attached hydrogen (secondary N) is 1. The number of pyridine rings is 1. The summed E-state index contributed by atoms with van der Waals surface area (Å²) in [5, 5.41) is 12.3. The topological polar surface area (TPSA) is 81.9 Å². The van der Waals surface area contributed by atoms with Crippen LogP contribution in [-0.4, -0.2) is 45.1 Å². The first-order chi connectivity index (χ1) is 14.2. The summed E-state index contributed by atoms with van der Waals surface area (Å²) in [4.78, 5) is 16.3. The number of nitrogens with zero attached hydrogens (tertiary/aromatic N) is 4. The first-order valence-electron chi connectivity index (χ1n) is 9.57. The number of aromatic nitrogens is 4. The van der Waals surface area contributed by atoms with Gasteiger partial charge in [-0.3, -0.25) is 9.78 Å². The molecule has 3 aromatic rings.